The van der Waals surface area contributed by atoms with Crippen molar-refractivity contribution in [3.05, 3.63) is 29.8 Å². The van der Waals surface area contributed by atoms with Gasteiger partial charge in [0, 0.05) is 30.9 Å². The highest BCUT2D eigenvalue weighted by atomic mass is 32.2. The van der Waals surface area contributed by atoms with E-state index in [9.17, 15) is 13.2 Å². The molecule has 3 rings (SSSR count). The van der Waals surface area contributed by atoms with E-state index in [2.05, 4.69) is 9.62 Å². The molecular formula is C20H31N3O3S. The largest absolute Gasteiger partial charge is 0.338 e. The maximum atomic E-state index is 12.9. The molecule has 1 amide bonds. The molecule has 2 heterocycles. The fraction of sp³-hybridized carbons (Fsp3) is 0.650. The van der Waals surface area contributed by atoms with Crippen LogP contribution in [-0.4, -0.2) is 62.6 Å². The van der Waals surface area contributed by atoms with Gasteiger partial charge in [-0.15, -0.1) is 0 Å². The van der Waals surface area contributed by atoms with Crippen LogP contribution < -0.4 is 4.72 Å². The molecule has 0 bridgehead atoms. The number of nitrogens with one attached hydrogen (secondary N) is 1. The third-order valence-electron chi connectivity index (χ3n) is 5.56. The predicted octanol–water partition coefficient (Wildman–Crippen LogP) is 2.79. The van der Waals surface area contributed by atoms with Crippen LogP contribution in [0.5, 0.6) is 0 Å². The summed E-state index contributed by atoms with van der Waals surface area (Å²) in [4.78, 5) is 17.4. The molecule has 0 aliphatic carbocycles. The van der Waals surface area contributed by atoms with Gasteiger partial charge in [0.2, 0.25) is 10.0 Å². The summed E-state index contributed by atoms with van der Waals surface area (Å²) in [6.07, 6.45) is 6.18. The number of rotatable bonds is 6. The molecule has 2 fully saturated rings. The highest BCUT2D eigenvalue weighted by molar-refractivity contribution is 7.92. The molecule has 27 heavy (non-hydrogen) atoms. The van der Waals surface area contributed by atoms with Gasteiger partial charge >= 0.3 is 0 Å². The number of carbonyl (C=O) groups is 1. The van der Waals surface area contributed by atoms with Crippen LogP contribution in [0.1, 0.15) is 49.4 Å². The van der Waals surface area contributed by atoms with Gasteiger partial charge in [-0.05, 0) is 75.9 Å². The molecule has 2 saturated heterocycles. The summed E-state index contributed by atoms with van der Waals surface area (Å²) in [5, 5.41) is 0. The molecule has 1 atom stereocenters. The zero-order chi connectivity index (χ0) is 19.3. The lowest BCUT2D eigenvalue weighted by molar-refractivity contribution is 0.0631. The van der Waals surface area contributed by atoms with Crippen LogP contribution in [0.2, 0.25) is 0 Å². The summed E-state index contributed by atoms with van der Waals surface area (Å²) in [7, 11) is -3.30. The van der Waals surface area contributed by atoms with Gasteiger partial charge in [-0.1, -0.05) is 6.42 Å². The van der Waals surface area contributed by atoms with Gasteiger partial charge in [0.05, 0.1) is 5.75 Å². The molecule has 0 aromatic heterocycles. The fourth-order valence-electron chi connectivity index (χ4n) is 4.02. The number of piperidine rings is 2. The Kier molecular flexibility index (Phi) is 6.76. The monoisotopic (exact) mass is 393 g/mol. The van der Waals surface area contributed by atoms with Crippen molar-refractivity contribution in [2.75, 3.05) is 43.2 Å². The number of benzene rings is 1. The molecule has 1 aromatic rings. The predicted molar refractivity (Wildman–Crippen MR) is 108 cm³/mol. The summed E-state index contributed by atoms with van der Waals surface area (Å²) < 4.78 is 25.8. The van der Waals surface area contributed by atoms with Gasteiger partial charge in [-0.25, -0.2) is 8.42 Å². The number of carbonyl (C=O) groups excluding carboxylic acids is 1. The second-order valence-corrected chi connectivity index (χ2v) is 9.71. The molecule has 1 N–H and O–H groups in total. The number of sulfonamides is 1. The van der Waals surface area contributed by atoms with E-state index >= 15 is 0 Å². The highest BCUT2D eigenvalue weighted by Crippen LogP contribution is 2.22. The standard InChI is InChI=1S/C20H31N3O3S/c1-2-27(25,26)21-19-10-8-18(9-11-19)20(24)23-14-6-7-17(16-23)15-22-12-4-3-5-13-22/h8-11,17,21H,2-7,12-16H2,1H3. The van der Waals surface area contributed by atoms with Gasteiger partial charge in [0.1, 0.15) is 0 Å². The van der Waals surface area contributed by atoms with Crippen LogP contribution in [-0.2, 0) is 10.0 Å². The van der Waals surface area contributed by atoms with Crippen LogP contribution in [0, 0.1) is 5.92 Å². The minimum atomic E-state index is -3.30. The summed E-state index contributed by atoms with van der Waals surface area (Å²) in [5.74, 6) is 0.625. The van der Waals surface area contributed by atoms with Gasteiger partial charge in [-0.2, -0.15) is 0 Å². The number of likely N-dealkylation sites (tertiary alicyclic amines) is 2. The Balaban J connectivity index is 1.57. The Morgan fingerprint density at radius 1 is 1.07 bits per heavy atom. The molecule has 2 aliphatic rings. The van der Waals surface area contributed by atoms with Crippen LogP contribution in [0.3, 0.4) is 0 Å². The van der Waals surface area contributed by atoms with Crippen LogP contribution in [0.4, 0.5) is 5.69 Å². The Morgan fingerprint density at radius 2 is 1.78 bits per heavy atom. The quantitative estimate of drug-likeness (QED) is 0.807. The Hall–Kier alpha value is -1.60. The second-order valence-electron chi connectivity index (χ2n) is 7.70. The van der Waals surface area contributed by atoms with E-state index in [-0.39, 0.29) is 11.7 Å². The van der Waals surface area contributed by atoms with Crippen molar-refractivity contribution in [2.24, 2.45) is 5.92 Å². The van der Waals surface area contributed by atoms with Crippen molar-refractivity contribution in [1.29, 1.82) is 0 Å². The third kappa shape index (κ3) is 5.69. The molecular weight excluding hydrogens is 362 g/mol. The molecule has 7 heteroatoms. The molecule has 1 unspecified atom stereocenters. The van der Waals surface area contributed by atoms with Crippen molar-refractivity contribution < 1.29 is 13.2 Å². The first-order valence-corrected chi connectivity index (χ1v) is 11.7. The summed E-state index contributed by atoms with van der Waals surface area (Å²) in [6.45, 7) is 6.71. The van der Waals surface area contributed by atoms with E-state index in [0.29, 0.717) is 17.2 Å². The fourth-order valence-corrected chi connectivity index (χ4v) is 4.66. The number of nitrogens with zero attached hydrogens (tertiary/aromatic N) is 2. The Morgan fingerprint density at radius 3 is 2.44 bits per heavy atom. The van der Waals surface area contributed by atoms with E-state index in [4.69, 9.17) is 0 Å². The van der Waals surface area contributed by atoms with E-state index < -0.39 is 10.0 Å². The first kappa shape index (κ1) is 20.1. The normalized spacial score (nSPS) is 21.8. The number of amides is 1. The van der Waals surface area contributed by atoms with Crippen molar-refractivity contribution in [1.82, 2.24) is 9.80 Å². The number of hydrogen-bond donors (Lipinski definition) is 1. The lowest BCUT2D eigenvalue weighted by atomic mass is 9.96. The lowest BCUT2D eigenvalue weighted by Gasteiger charge is -2.37. The van der Waals surface area contributed by atoms with Gasteiger partial charge < -0.3 is 9.80 Å². The Bertz CT molecular complexity index is 727. The summed E-state index contributed by atoms with van der Waals surface area (Å²) in [5.41, 5.74) is 1.11. The molecule has 0 radical (unpaired) electrons. The van der Waals surface area contributed by atoms with Crippen molar-refractivity contribution >= 4 is 21.6 Å². The first-order chi connectivity index (χ1) is 13.0. The zero-order valence-corrected chi connectivity index (χ0v) is 17.0. The van der Waals surface area contributed by atoms with E-state index in [1.165, 1.54) is 38.8 Å². The van der Waals surface area contributed by atoms with Gasteiger partial charge in [-0.3, -0.25) is 9.52 Å². The zero-order valence-electron chi connectivity index (χ0n) is 16.2. The SMILES string of the molecule is CCS(=O)(=O)Nc1ccc(C(=O)N2CCCC(CN3CCCCC3)C2)cc1. The van der Waals surface area contributed by atoms with Crippen LogP contribution in [0.25, 0.3) is 0 Å². The molecule has 2 aliphatic heterocycles. The third-order valence-corrected chi connectivity index (χ3v) is 6.86. The molecule has 0 saturated carbocycles. The van der Waals surface area contributed by atoms with Crippen LogP contribution >= 0.6 is 0 Å². The van der Waals surface area contributed by atoms with Crippen LogP contribution in [0.15, 0.2) is 24.3 Å². The average molecular weight is 394 g/mol. The maximum absolute atomic E-state index is 12.9. The summed E-state index contributed by atoms with van der Waals surface area (Å²) in [6, 6.07) is 6.75. The van der Waals surface area contributed by atoms with Gasteiger partial charge in [0.25, 0.3) is 5.91 Å². The minimum Gasteiger partial charge on any atom is -0.338 e. The minimum absolute atomic E-state index is 0.0276. The molecule has 1 aromatic carbocycles. The molecule has 6 nitrogen and oxygen atoms in total. The van der Waals surface area contributed by atoms with Crippen molar-refractivity contribution in [3.63, 3.8) is 0 Å². The highest BCUT2D eigenvalue weighted by Gasteiger charge is 2.26. The smallest absolute Gasteiger partial charge is 0.253 e. The number of anilines is 1. The van der Waals surface area contributed by atoms with E-state index in [0.717, 1.165) is 26.1 Å². The van der Waals surface area contributed by atoms with E-state index in [1.54, 1.807) is 31.2 Å². The molecule has 150 valence electrons. The topological polar surface area (TPSA) is 69.7 Å². The summed E-state index contributed by atoms with van der Waals surface area (Å²) >= 11 is 0. The lowest BCUT2D eigenvalue weighted by Crippen LogP contribution is -2.44. The van der Waals surface area contributed by atoms with Crippen molar-refractivity contribution in [2.45, 2.75) is 39.0 Å². The second kappa shape index (κ2) is 9.06. The molecule has 0 spiro atoms. The van der Waals surface area contributed by atoms with Crippen molar-refractivity contribution in [3.8, 4) is 0 Å². The first-order valence-electron chi connectivity index (χ1n) is 10.1. The van der Waals surface area contributed by atoms with E-state index in [1.807, 2.05) is 4.90 Å². The number of hydrogen-bond acceptors (Lipinski definition) is 4. The maximum Gasteiger partial charge on any atom is 0.253 e. The van der Waals surface area contributed by atoms with Gasteiger partial charge in [0.15, 0.2) is 0 Å². The Labute approximate surface area is 163 Å². The average Bonchev–Trinajstić information content (AvgIpc) is 2.69.